The Bertz CT molecular complexity index is 432. The highest BCUT2D eigenvalue weighted by atomic mass is 16.7. The fourth-order valence-corrected chi connectivity index (χ4v) is 1.58. The van der Waals surface area contributed by atoms with Gasteiger partial charge in [0, 0.05) is 12.1 Å². The highest BCUT2D eigenvalue weighted by Gasteiger charge is 2.27. The van der Waals surface area contributed by atoms with Crippen molar-refractivity contribution >= 4 is 11.8 Å². The van der Waals surface area contributed by atoms with Crippen molar-refractivity contribution < 1.29 is 14.4 Å². The van der Waals surface area contributed by atoms with Crippen molar-refractivity contribution in [2.45, 2.75) is 12.7 Å². The van der Waals surface area contributed by atoms with Crippen LogP contribution in [0.4, 0.5) is 5.69 Å². The number of nitrogens with zero attached hydrogens (tertiary/aromatic N) is 1. The molecule has 1 aliphatic rings. The lowest BCUT2D eigenvalue weighted by Gasteiger charge is -2.16. The molecule has 0 radical (unpaired) electrons. The van der Waals surface area contributed by atoms with Gasteiger partial charge in [-0.3, -0.25) is 10.1 Å². The van der Waals surface area contributed by atoms with E-state index >= 15 is 0 Å². The molecule has 1 aromatic carbocycles. The lowest BCUT2D eigenvalue weighted by atomic mass is 10.1. The second-order valence-electron chi connectivity index (χ2n) is 3.89. The quantitative estimate of drug-likeness (QED) is 0.596. The Kier molecular flexibility index (Phi) is 3.21. The smallest absolute Gasteiger partial charge is 0.269 e. The highest BCUT2D eigenvalue weighted by Crippen LogP contribution is 2.21. The molecule has 0 aliphatic carbocycles. The van der Waals surface area contributed by atoms with E-state index < -0.39 is 10.7 Å². The van der Waals surface area contributed by atoms with Crippen LogP contribution in [0.25, 0.3) is 6.08 Å². The van der Waals surface area contributed by atoms with E-state index in [1.165, 1.54) is 12.1 Å². The normalized spacial score (nSPS) is 18.6. The maximum absolute atomic E-state index is 10.5. The van der Waals surface area contributed by atoms with E-state index in [1.54, 1.807) is 18.2 Å². The molecule has 1 heterocycles. The zero-order valence-electron chi connectivity index (χ0n) is 9.46. The molecule has 0 spiro atoms. The molecule has 1 saturated heterocycles. The maximum Gasteiger partial charge on any atom is 0.269 e. The lowest BCUT2D eigenvalue weighted by Crippen LogP contribution is -2.21. The SMILES string of the molecule is CC1(C=Cc2ccc([N+](=O)[O-])cc2)OCCO1. The number of nitro groups is 1. The van der Waals surface area contributed by atoms with Gasteiger partial charge >= 0.3 is 0 Å². The van der Waals surface area contributed by atoms with Crippen LogP contribution < -0.4 is 0 Å². The summed E-state index contributed by atoms with van der Waals surface area (Å²) < 4.78 is 10.8. The van der Waals surface area contributed by atoms with Crippen LogP contribution in [0, 0.1) is 10.1 Å². The molecule has 5 heteroatoms. The largest absolute Gasteiger partial charge is 0.344 e. The van der Waals surface area contributed by atoms with Crippen molar-refractivity contribution in [3.8, 4) is 0 Å². The predicted octanol–water partition coefficient (Wildman–Crippen LogP) is 2.37. The molecule has 5 nitrogen and oxygen atoms in total. The number of benzene rings is 1. The number of rotatable bonds is 3. The molecule has 2 rings (SSSR count). The summed E-state index contributed by atoms with van der Waals surface area (Å²) in [7, 11) is 0. The number of hydrogen-bond donors (Lipinski definition) is 0. The second-order valence-corrected chi connectivity index (χ2v) is 3.89. The highest BCUT2D eigenvalue weighted by molar-refractivity contribution is 5.52. The molecule has 0 amide bonds. The molecule has 90 valence electrons. The van der Waals surface area contributed by atoms with Gasteiger partial charge in [0.1, 0.15) is 0 Å². The van der Waals surface area contributed by atoms with Crippen LogP contribution in [-0.2, 0) is 9.47 Å². The van der Waals surface area contributed by atoms with E-state index in [0.717, 1.165) is 5.56 Å². The third kappa shape index (κ3) is 2.89. The molecule has 1 fully saturated rings. The maximum atomic E-state index is 10.5. The van der Waals surface area contributed by atoms with Crippen molar-refractivity contribution in [1.82, 2.24) is 0 Å². The Morgan fingerprint density at radius 3 is 2.41 bits per heavy atom. The van der Waals surface area contributed by atoms with Gasteiger partial charge in [-0.1, -0.05) is 6.08 Å². The van der Waals surface area contributed by atoms with Crippen molar-refractivity contribution in [3.05, 3.63) is 46.0 Å². The molecule has 1 aliphatic heterocycles. The van der Waals surface area contributed by atoms with Crippen molar-refractivity contribution in [2.75, 3.05) is 13.2 Å². The number of nitro benzene ring substituents is 1. The minimum absolute atomic E-state index is 0.0849. The predicted molar refractivity (Wildman–Crippen MR) is 62.4 cm³/mol. The Hall–Kier alpha value is -1.72. The molecule has 17 heavy (non-hydrogen) atoms. The summed E-state index contributed by atoms with van der Waals surface area (Å²) in [5.74, 6) is -0.679. The van der Waals surface area contributed by atoms with Gasteiger partial charge in [0.25, 0.3) is 5.69 Å². The zero-order chi connectivity index (χ0) is 12.3. The van der Waals surface area contributed by atoms with Crippen LogP contribution in [0.15, 0.2) is 30.3 Å². The van der Waals surface area contributed by atoms with Crippen molar-refractivity contribution in [1.29, 1.82) is 0 Å². The first-order valence-corrected chi connectivity index (χ1v) is 5.31. The first-order valence-electron chi connectivity index (χ1n) is 5.31. The molecule has 0 bridgehead atoms. The van der Waals surface area contributed by atoms with E-state index in [4.69, 9.17) is 9.47 Å². The van der Waals surface area contributed by atoms with E-state index in [9.17, 15) is 10.1 Å². The monoisotopic (exact) mass is 235 g/mol. The number of ether oxygens (including phenoxy) is 2. The van der Waals surface area contributed by atoms with Gasteiger partial charge in [0.05, 0.1) is 18.1 Å². The van der Waals surface area contributed by atoms with Gasteiger partial charge in [0.15, 0.2) is 5.79 Å². The fraction of sp³-hybridized carbons (Fsp3) is 0.333. The standard InChI is InChI=1S/C12H13NO4/c1-12(16-8-9-17-12)7-6-10-2-4-11(5-3-10)13(14)15/h2-7H,8-9H2,1H3. The molecule has 1 aromatic rings. The summed E-state index contributed by atoms with van der Waals surface area (Å²) in [5.41, 5.74) is 0.956. The van der Waals surface area contributed by atoms with Crippen LogP contribution in [0.5, 0.6) is 0 Å². The van der Waals surface area contributed by atoms with Gasteiger partial charge in [-0.05, 0) is 30.7 Å². The minimum atomic E-state index is -0.679. The average molecular weight is 235 g/mol. The molecule has 0 aromatic heterocycles. The van der Waals surface area contributed by atoms with Crippen LogP contribution in [0.1, 0.15) is 12.5 Å². The first-order chi connectivity index (χ1) is 8.09. The molecule has 0 atom stereocenters. The van der Waals surface area contributed by atoms with Crippen LogP contribution >= 0.6 is 0 Å². The van der Waals surface area contributed by atoms with Gasteiger partial charge in [0.2, 0.25) is 0 Å². The molecule has 0 N–H and O–H groups in total. The molecular weight excluding hydrogens is 222 g/mol. The topological polar surface area (TPSA) is 61.6 Å². The molecular formula is C12H13NO4. The first kappa shape index (κ1) is 11.8. The summed E-state index contributed by atoms with van der Waals surface area (Å²) in [6.45, 7) is 3.00. The third-order valence-corrected chi connectivity index (χ3v) is 2.54. The summed E-state index contributed by atoms with van der Waals surface area (Å²) >= 11 is 0. The number of hydrogen-bond acceptors (Lipinski definition) is 4. The van der Waals surface area contributed by atoms with Gasteiger partial charge < -0.3 is 9.47 Å². The van der Waals surface area contributed by atoms with E-state index in [0.29, 0.717) is 13.2 Å². The van der Waals surface area contributed by atoms with Crippen molar-refractivity contribution in [3.63, 3.8) is 0 Å². The van der Waals surface area contributed by atoms with E-state index in [2.05, 4.69) is 0 Å². The van der Waals surface area contributed by atoms with E-state index in [1.807, 2.05) is 13.0 Å². The Morgan fingerprint density at radius 1 is 1.29 bits per heavy atom. The molecule has 0 saturated carbocycles. The lowest BCUT2D eigenvalue weighted by molar-refractivity contribution is -0.384. The van der Waals surface area contributed by atoms with Crippen LogP contribution in [0.3, 0.4) is 0 Å². The minimum Gasteiger partial charge on any atom is -0.344 e. The number of non-ortho nitro benzene ring substituents is 1. The van der Waals surface area contributed by atoms with Crippen molar-refractivity contribution in [2.24, 2.45) is 0 Å². The van der Waals surface area contributed by atoms with Gasteiger partial charge in [-0.15, -0.1) is 0 Å². The Balaban J connectivity index is 2.08. The summed E-state index contributed by atoms with van der Waals surface area (Å²) in [4.78, 5) is 10.1. The molecule has 0 unspecified atom stereocenters. The zero-order valence-corrected chi connectivity index (χ0v) is 9.46. The fourth-order valence-electron chi connectivity index (χ4n) is 1.58. The third-order valence-electron chi connectivity index (χ3n) is 2.54. The summed E-state index contributed by atoms with van der Waals surface area (Å²) in [6.07, 6.45) is 3.64. The Morgan fingerprint density at radius 2 is 1.88 bits per heavy atom. The Labute approximate surface area is 98.8 Å². The van der Waals surface area contributed by atoms with Crippen LogP contribution in [-0.4, -0.2) is 23.9 Å². The van der Waals surface area contributed by atoms with Gasteiger partial charge in [-0.2, -0.15) is 0 Å². The summed E-state index contributed by atoms with van der Waals surface area (Å²) in [6, 6.07) is 6.32. The van der Waals surface area contributed by atoms with E-state index in [-0.39, 0.29) is 5.69 Å². The second kappa shape index (κ2) is 4.65. The average Bonchev–Trinajstić information content (AvgIpc) is 2.75. The van der Waals surface area contributed by atoms with Gasteiger partial charge in [-0.25, -0.2) is 0 Å². The van der Waals surface area contributed by atoms with Crippen LogP contribution in [0.2, 0.25) is 0 Å². The summed E-state index contributed by atoms with van der Waals surface area (Å²) in [5, 5.41) is 10.5.